The summed E-state index contributed by atoms with van der Waals surface area (Å²) in [6.45, 7) is 5.30. The molecule has 1 saturated heterocycles. The van der Waals surface area contributed by atoms with Crippen LogP contribution in [0.2, 0.25) is 0 Å². The Morgan fingerprint density at radius 2 is 2.04 bits per heavy atom. The smallest absolute Gasteiger partial charge is 0.221 e. The number of nitrogens with zero attached hydrogens (tertiary/aromatic N) is 2. The molecule has 1 heterocycles. The fraction of sp³-hybridized carbons (Fsp3) is 0.579. The first kappa shape index (κ1) is 19.1. The van der Waals surface area contributed by atoms with Gasteiger partial charge in [-0.1, -0.05) is 19.1 Å². The topological polar surface area (TPSA) is 66.0 Å². The van der Waals surface area contributed by atoms with E-state index in [1.807, 2.05) is 19.1 Å². The van der Waals surface area contributed by atoms with Crippen molar-refractivity contribution in [2.45, 2.75) is 32.1 Å². The Hall–Kier alpha value is -2.24. The number of benzene rings is 1. The molecule has 0 saturated carbocycles. The number of guanidine groups is 1. The molecule has 6 heteroatoms. The van der Waals surface area contributed by atoms with Gasteiger partial charge in [0.15, 0.2) is 5.96 Å². The van der Waals surface area contributed by atoms with E-state index in [9.17, 15) is 4.79 Å². The average Bonchev–Trinajstić information content (AvgIpc) is 3.13. The summed E-state index contributed by atoms with van der Waals surface area (Å²) in [5.74, 6) is 2.34. The van der Waals surface area contributed by atoms with Crippen molar-refractivity contribution in [3.05, 3.63) is 29.8 Å². The maximum atomic E-state index is 11.7. The molecule has 138 valence electrons. The SMILES string of the molecule is CCCNC(=O)CCNC(=NC)N1CCC(c2ccc(OC)cc2)C1. The Balaban J connectivity index is 1.81. The van der Waals surface area contributed by atoms with Crippen LogP contribution in [0.25, 0.3) is 0 Å². The summed E-state index contributed by atoms with van der Waals surface area (Å²) in [7, 11) is 3.48. The molecule has 1 aromatic rings. The van der Waals surface area contributed by atoms with Crippen molar-refractivity contribution in [2.75, 3.05) is 40.3 Å². The van der Waals surface area contributed by atoms with Gasteiger partial charge in [-0.05, 0) is 30.5 Å². The highest BCUT2D eigenvalue weighted by Crippen LogP contribution is 2.28. The van der Waals surface area contributed by atoms with E-state index in [2.05, 4.69) is 32.7 Å². The van der Waals surface area contributed by atoms with E-state index in [0.29, 0.717) is 18.9 Å². The van der Waals surface area contributed by atoms with Crippen LogP contribution in [0.4, 0.5) is 0 Å². The van der Waals surface area contributed by atoms with Gasteiger partial charge in [0.2, 0.25) is 5.91 Å². The number of carbonyl (C=O) groups excluding carboxylic acids is 1. The molecule has 0 aliphatic carbocycles. The van der Waals surface area contributed by atoms with Crippen molar-refractivity contribution < 1.29 is 9.53 Å². The molecule has 6 nitrogen and oxygen atoms in total. The first-order valence-corrected chi connectivity index (χ1v) is 9.04. The summed E-state index contributed by atoms with van der Waals surface area (Å²) in [6, 6.07) is 8.31. The standard InChI is InChI=1S/C19H30N4O2/c1-4-11-21-18(24)9-12-22-19(20-2)23-13-10-16(14-23)15-5-7-17(25-3)8-6-15/h5-8,16H,4,9-14H2,1-3H3,(H,20,22)(H,21,24). The van der Waals surface area contributed by atoms with E-state index in [1.54, 1.807) is 14.2 Å². The number of aliphatic imine (C=N–C) groups is 1. The van der Waals surface area contributed by atoms with Gasteiger partial charge in [-0.25, -0.2) is 0 Å². The van der Waals surface area contributed by atoms with Crippen LogP contribution >= 0.6 is 0 Å². The summed E-state index contributed by atoms with van der Waals surface area (Å²) >= 11 is 0. The zero-order valence-electron chi connectivity index (χ0n) is 15.5. The van der Waals surface area contributed by atoms with Gasteiger partial charge < -0.3 is 20.3 Å². The monoisotopic (exact) mass is 346 g/mol. The van der Waals surface area contributed by atoms with Gasteiger partial charge in [-0.3, -0.25) is 9.79 Å². The van der Waals surface area contributed by atoms with Crippen molar-refractivity contribution in [3.8, 4) is 5.75 Å². The lowest BCUT2D eigenvalue weighted by Gasteiger charge is -2.21. The normalized spacial score (nSPS) is 17.5. The van der Waals surface area contributed by atoms with Crippen molar-refractivity contribution in [3.63, 3.8) is 0 Å². The minimum atomic E-state index is 0.0855. The lowest BCUT2D eigenvalue weighted by Crippen LogP contribution is -2.41. The molecular formula is C19H30N4O2. The van der Waals surface area contributed by atoms with Crippen LogP contribution in [0.1, 0.15) is 37.7 Å². The highest BCUT2D eigenvalue weighted by Gasteiger charge is 2.26. The van der Waals surface area contributed by atoms with Crippen molar-refractivity contribution in [1.82, 2.24) is 15.5 Å². The predicted molar refractivity (Wildman–Crippen MR) is 101 cm³/mol. The molecular weight excluding hydrogens is 316 g/mol. The fourth-order valence-electron chi connectivity index (χ4n) is 3.07. The van der Waals surface area contributed by atoms with Crippen LogP contribution in [0, 0.1) is 0 Å². The third-order valence-corrected chi connectivity index (χ3v) is 4.49. The van der Waals surface area contributed by atoms with Crippen LogP contribution in [0.3, 0.4) is 0 Å². The molecule has 0 aromatic heterocycles. The molecule has 2 N–H and O–H groups in total. The second kappa shape index (κ2) is 9.91. The first-order valence-electron chi connectivity index (χ1n) is 9.04. The molecule has 1 aliphatic heterocycles. The maximum Gasteiger partial charge on any atom is 0.221 e. The predicted octanol–water partition coefficient (Wildman–Crippen LogP) is 1.98. The Kier molecular flexibility index (Phi) is 7.57. The Morgan fingerprint density at radius 3 is 2.68 bits per heavy atom. The third kappa shape index (κ3) is 5.66. The average molecular weight is 346 g/mol. The van der Waals surface area contributed by atoms with Crippen LogP contribution in [-0.2, 0) is 4.79 Å². The summed E-state index contributed by atoms with van der Waals surface area (Å²) < 4.78 is 5.22. The number of hydrogen-bond donors (Lipinski definition) is 2. The van der Waals surface area contributed by atoms with Gasteiger partial charge in [0.05, 0.1) is 7.11 Å². The Labute approximate surface area is 150 Å². The minimum Gasteiger partial charge on any atom is -0.497 e. The van der Waals surface area contributed by atoms with Crippen molar-refractivity contribution in [1.29, 1.82) is 0 Å². The molecule has 1 aromatic carbocycles. The second-order valence-electron chi connectivity index (χ2n) is 6.28. The van der Waals surface area contributed by atoms with Crippen LogP contribution < -0.4 is 15.4 Å². The number of hydrogen-bond acceptors (Lipinski definition) is 3. The number of ether oxygens (including phenoxy) is 1. The second-order valence-corrected chi connectivity index (χ2v) is 6.28. The number of likely N-dealkylation sites (tertiary alicyclic amines) is 1. The van der Waals surface area contributed by atoms with Gasteiger partial charge in [0, 0.05) is 45.6 Å². The molecule has 0 spiro atoms. The molecule has 1 amide bonds. The molecule has 1 aliphatic rings. The number of nitrogens with one attached hydrogen (secondary N) is 2. The molecule has 1 atom stereocenters. The number of carbonyl (C=O) groups is 1. The molecule has 25 heavy (non-hydrogen) atoms. The van der Waals surface area contributed by atoms with E-state index in [1.165, 1.54) is 5.56 Å². The van der Waals surface area contributed by atoms with Gasteiger partial charge in [0.1, 0.15) is 5.75 Å². The fourth-order valence-corrected chi connectivity index (χ4v) is 3.07. The van der Waals surface area contributed by atoms with Crippen molar-refractivity contribution >= 4 is 11.9 Å². The summed E-state index contributed by atoms with van der Waals surface area (Å²) in [4.78, 5) is 18.3. The molecule has 0 bridgehead atoms. The van der Waals surface area contributed by atoms with E-state index in [-0.39, 0.29) is 5.91 Å². The first-order chi connectivity index (χ1) is 12.2. The van der Waals surface area contributed by atoms with Gasteiger partial charge >= 0.3 is 0 Å². The number of amides is 1. The lowest BCUT2D eigenvalue weighted by molar-refractivity contribution is -0.120. The van der Waals surface area contributed by atoms with E-state index in [4.69, 9.17) is 4.74 Å². The summed E-state index contributed by atoms with van der Waals surface area (Å²) in [5, 5.41) is 6.19. The largest absolute Gasteiger partial charge is 0.497 e. The molecule has 2 rings (SSSR count). The zero-order valence-corrected chi connectivity index (χ0v) is 15.5. The lowest BCUT2D eigenvalue weighted by atomic mass is 9.98. The Morgan fingerprint density at radius 1 is 1.28 bits per heavy atom. The van der Waals surface area contributed by atoms with Gasteiger partial charge in [-0.2, -0.15) is 0 Å². The summed E-state index contributed by atoms with van der Waals surface area (Å²) in [5.41, 5.74) is 1.33. The highest BCUT2D eigenvalue weighted by atomic mass is 16.5. The quantitative estimate of drug-likeness (QED) is 0.585. The van der Waals surface area contributed by atoms with E-state index in [0.717, 1.165) is 44.2 Å². The Bertz CT molecular complexity index is 571. The maximum absolute atomic E-state index is 11.7. The van der Waals surface area contributed by atoms with E-state index >= 15 is 0 Å². The van der Waals surface area contributed by atoms with Crippen LogP contribution in [0.5, 0.6) is 5.75 Å². The zero-order chi connectivity index (χ0) is 18.1. The van der Waals surface area contributed by atoms with Gasteiger partial charge in [-0.15, -0.1) is 0 Å². The number of methoxy groups -OCH3 is 1. The minimum absolute atomic E-state index is 0.0855. The molecule has 1 fully saturated rings. The number of rotatable bonds is 7. The van der Waals surface area contributed by atoms with E-state index < -0.39 is 0 Å². The third-order valence-electron chi connectivity index (χ3n) is 4.49. The molecule has 1 unspecified atom stereocenters. The summed E-state index contributed by atoms with van der Waals surface area (Å²) in [6.07, 6.45) is 2.53. The van der Waals surface area contributed by atoms with Gasteiger partial charge in [0.25, 0.3) is 0 Å². The highest BCUT2D eigenvalue weighted by molar-refractivity contribution is 5.81. The van der Waals surface area contributed by atoms with Crippen LogP contribution in [-0.4, -0.2) is 57.1 Å². The molecule has 0 radical (unpaired) electrons. The van der Waals surface area contributed by atoms with Crippen LogP contribution in [0.15, 0.2) is 29.3 Å². The van der Waals surface area contributed by atoms with Crippen molar-refractivity contribution in [2.24, 2.45) is 4.99 Å².